The molecule has 0 amide bonds. The first-order chi connectivity index (χ1) is 7.98. The van der Waals surface area contributed by atoms with Gasteiger partial charge in [-0.15, -0.1) is 0 Å². The van der Waals surface area contributed by atoms with Gasteiger partial charge < -0.3 is 0 Å². The molecule has 0 aliphatic heterocycles. The van der Waals surface area contributed by atoms with Crippen LogP contribution in [0.4, 0.5) is 0 Å². The van der Waals surface area contributed by atoms with E-state index in [1.807, 2.05) is 0 Å². The topological polar surface area (TPSA) is 34.1 Å². The summed E-state index contributed by atoms with van der Waals surface area (Å²) in [6.07, 6.45) is 5.25. The molecule has 1 unspecified atom stereocenters. The van der Waals surface area contributed by atoms with Crippen molar-refractivity contribution in [3.8, 4) is 0 Å². The molecule has 0 rings (SSSR count). The van der Waals surface area contributed by atoms with Gasteiger partial charge in [0.15, 0.2) is 0 Å². The predicted molar refractivity (Wildman–Crippen MR) is 72.0 cm³/mol. The molecule has 17 heavy (non-hydrogen) atoms. The van der Waals surface area contributed by atoms with Gasteiger partial charge >= 0.3 is 0 Å². The van der Waals surface area contributed by atoms with Gasteiger partial charge in [-0.2, -0.15) is 0 Å². The third-order valence-electron chi connectivity index (χ3n) is 4.21. The zero-order valence-electron chi connectivity index (χ0n) is 12.1. The highest BCUT2D eigenvalue weighted by Gasteiger charge is 2.38. The third-order valence-corrected chi connectivity index (χ3v) is 4.21. The van der Waals surface area contributed by atoms with Crippen LogP contribution in [0.3, 0.4) is 0 Å². The van der Waals surface area contributed by atoms with Gasteiger partial charge in [0.25, 0.3) is 0 Å². The number of rotatable bonds is 9. The predicted octanol–water partition coefficient (Wildman–Crippen LogP) is 4.17. The van der Waals surface area contributed by atoms with E-state index in [0.717, 1.165) is 38.5 Å². The van der Waals surface area contributed by atoms with E-state index < -0.39 is 0 Å². The zero-order chi connectivity index (χ0) is 13.5. The van der Waals surface area contributed by atoms with Crippen LogP contribution < -0.4 is 0 Å². The second-order valence-electron chi connectivity index (χ2n) is 5.01. The summed E-state index contributed by atoms with van der Waals surface area (Å²) in [5, 5.41) is 0. The number of hydrogen-bond donors (Lipinski definition) is 0. The molecule has 0 saturated heterocycles. The van der Waals surface area contributed by atoms with Crippen LogP contribution >= 0.6 is 0 Å². The number of ketones is 2. The van der Waals surface area contributed by atoms with Gasteiger partial charge in [0, 0.05) is 5.41 Å². The Labute approximate surface area is 106 Å². The van der Waals surface area contributed by atoms with Crippen molar-refractivity contribution < 1.29 is 9.59 Å². The summed E-state index contributed by atoms with van der Waals surface area (Å²) in [4.78, 5) is 24.2. The maximum absolute atomic E-state index is 12.6. The molecule has 1 atom stereocenters. The Morgan fingerprint density at radius 3 is 1.76 bits per heavy atom. The fourth-order valence-electron chi connectivity index (χ4n) is 2.57. The summed E-state index contributed by atoms with van der Waals surface area (Å²) in [6, 6.07) is 0. The van der Waals surface area contributed by atoms with E-state index in [9.17, 15) is 9.59 Å². The van der Waals surface area contributed by atoms with Crippen LogP contribution in [0, 0.1) is 11.3 Å². The minimum absolute atomic E-state index is 0.0446. The van der Waals surface area contributed by atoms with Gasteiger partial charge in [-0.25, -0.2) is 0 Å². The number of unbranched alkanes of at least 4 members (excludes halogenated alkanes) is 1. The third kappa shape index (κ3) is 3.93. The van der Waals surface area contributed by atoms with Gasteiger partial charge in [-0.3, -0.25) is 9.59 Å². The minimum Gasteiger partial charge on any atom is -0.299 e. The molecule has 0 aromatic heterocycles. The van der Waals surface area contributed by atoms with Crippen molar-refractivity contribution in [2.24, 2.45) is 11.3 Å². The highest BCUT2D eigenvalue weighted by molar-refractivity contribution is 6.03. The molecular formula is C15H28O2. The maximum Gasteiger partial charge on any atom is 0.149 e. The molecule has 100 valence electrons. The summed E-state index contributed by atoms with van der Waals surface area (Å²) >= 11 is 0. The van der Waals surface area contributed by atoms with E-state index in [-0.39, 0.29) is 22.9 Å². The van der Waals surface area contributed by atoms with Crippen molar-refractivity contribution in [1.82, 2.24) is 0 Å². The fourth-order valence-corrected chi connectivity index (χ4v) is 2.57. The van der Waals surface area contributed by atoms with Crippen molar-refractivity contribution in [2.75, 3.05) is 0 Å². The summed E-state index contributed by atoms with van der Waals surface area (Å²) in [5.74, 6) is -0.135. The summed E-state index contributed by atoms with van der Waals surface area (Å²) in [5.41, 5.74) is -0.274. The van der Waals surface area contributed by atoms with Gasteiger partial charge in [-0.05, 0) is 32.6 Å². The average Bonchev–Trinajstić information content (AvgIpc) is 2.32. The molecule has 0 aromatic rings. The lowest BCUT2D eigenvalue weighted by atomic mass is 9.70. The molecule has 0 bridgehead atoms. The van der Waals surface area contributed by atoms with E-state index >= 15 is 0 Å². The first-order valence-corrected chi connectivity index (χ1v) is 7.03. The zero-order valence-corrected chi connectivity index (χ0v) is 12.1. The lowest BCUT2D eigenvalue weighted by Gasteiger charge is -2.32. The molecule has 0 radical (unpaired) electrons. The van der Waals surface area contributed by atoms with Crippen LogP contribution in [0.25, 0.3) is 0 Å². The van der Waals surface area contributed by atoms with E-state index in [0.29, 0.717) is 0 Å². The summed E-state index contributed by atoms with van der Waals surface area (Å²) < 4.78 is 0. The molecule has 0 aliphatic rings. The van der Waals surface area contributed by atoms with Crippen molar-refractivity contribution >= 4 is 11.6 Å². The van der Waals surface area contributed by atoms with Crippen molar-refractivity contribution in [2.45, 2.75) is 73.1 Å². The van der Waals surface area contributed by atoms with Gasteiger partial charge in [0.1, 0.15) is 11.6 Å². The lowest BCUT2D eigenvalue weighted by molar-refractivity contribution is -0.139. The molecule has 0 N–H and O–H groups in total. The Hall–Kier alpha value is -0.660. The Balaban J connectivity index is 4.97. The average molecular weight is 240 g/mol. The van der Waals surface area contributed by atoms with Gasteiger partial charge in [0.05, 0.1) is 5.92 Å². The molecule has 2 nitrogen and oxygen atoms in total. The van der Waals surface area contributed by atoms with Crippen LogP contribution in [-0.2, 0) is 9.59 Å². The maximum atomic E-state index is 12.6. The standard InChI is InChI=1S/C15H28O2/c1-6-10-11-13(12(5)16)14(17)15(7-2,8-3)9-4/h13H,6-11H2,1-5H3. The highest BCUT2D eigenvalue weighted by atomic mass is 16.2. The largest absolute Gasteiger partial charge is 0.299 e. The number of carbonyl (C=O) groups is 2. The quantitative estimate of drug-likeness (QED) is 0.567. The monoisotopic (exact) mass is 240 g/mol. The second kappa shape index (κ2) is 7.62. The minimum atomic E-state index is -0.366. The smallest absolute Gasteiger partial charge is 0.149 e. The normalized spacial score (nSPS) is 13.5. The fraction of sp³-hybridized carbons (Fsp3) is 0.867. The van der Waals surface area contributed by atoms with Crippen LogP contribution in [0.2, 0.25) is 0 Å². The number of hydrogen-bond acceptors (Lipinski definition) is 2. The molecule has 0 aliphatic carbocycles. The Bertz CT molecular complexity index is 243. The van der Waals surface area contributed by atoms with Crippen LogP contribution in [0.1, 0.15) is 73.1 Å². The van der Waals surface area contributed by atoms with E-state index in [1.54, 1.807) is 6.92 Å². The Kier molecular flexibility index (Phi) is 7.33. The molecule has 0 spiro atoms. The molecule has 0 saturated carbocycles. The van der Waals surface area contributed by atoms with Crippen LogP contribution in [-0.4, -0.2) is 11.6 Å². The number of Topliss-reactive ketones (excluding diaryl/α,β-unsaturated/α-hetero) is 2. The van der Waals surface area contributed by atoms with Crippen LogP contribution in [0.5, 0.6) is 0 Å². The van der Waals surface area contributed by atoms with Crippen molar-refractivity contribution in [3.05, 3.63) is 0 Å². The first kappa shape index (κ1) is 16.3. The lowest BCUT2D eigenvalue weighted by Crippen LogP contribution is -2.37. The number of carbonyl (C=O) groups excluding carboxylic acids is 2. The summed E-state index contributed by atoms with van der Waals surface area (Å²) in [7, 11) is 0. The van der Waals surface area contributed by atoms with Gasteiger partial charge in [0.2, 0.25) is 0 Å². The van der Waals surface area contributed by atoms with E-state index in [2.05, 4.69) is 27.7 Å². The molecule has 0 fully saturated rings. The Morgan fingerprint density at radius 2 is 1.47 bits per heavy atom. The SMILES string of the molecule is CCCCC(C(C)=O)C(=O)C(CC)(CC)CC. The first-order valence-electron chi connectivity index (χ1n) is 7.03. The second-order valence-corrected chi connectivity index (χ2v) is 5.01. The van der Waals surface area contributed by atoms with Crippen LogP contribution in [0.15, 0.2) is 0 Å². The van der Waals surface area contributed by atoms with E-state index in [4.69, 9.17) is 0 Å². The van der Waals surface area contributed by atoms with Gasteiger partial charge in [-0.1, -0.05) is 40.5 Å². The van der Waals surface area contributed by atoms with E-state index in [1.165, 1.54) is 0 Å². The Morgan fingerprint density at radius 1 is 1.00 bits per heavy atom. The highest BCUT2D eigenvalue weighted by Crippen LogP contribution is 2.35. The molecule has 0 aromatic carbocycles. The molecule has 0 heterocycles. The summed E-state index contributed by atoms with van der Waals surface area (Å²) in [6.45, 7) is 9.82. The van der Waals surface area contributed by atoms with Crippen molar-refractivity contribution in [3.63, 3.8) is 0 Å². The molecule has 2 heteroatoms. The van der Waals surface area contributed by atoms with Crippen molar-refractivity contribution in [1.29, 1.82) is 0 Å². The molecular weight excluding hydrogens is 212 g/mol.